The van der Waals surface area contributed by atoms with E-state index in [0.29, 0.717) is 32.2 Å². The number of ether oxygens (including phenoxy) is 1. The molecule has 1 heterocycles. The van der Waals surface area contributed by atoms with E-state index in [9.17, 15) is 19.5 Å². The molecule has 0 aromatic heterocycles. The van der Waals surface area contributed by atoms with E-state index in [0.717, 1.165) is 11.1 Å². The highest BCUT2D eigenvalue weighted by Gasteiger charge is 2.45. The lowest BCUT2D eigenvalue weighted by atomic mass is 9.98. The second-order valence-corrected chi connectivity index (χ2v) is 9.34. The van der Waals surface area contributed by atoms with E-state index in [1.54, 1.807) is 6.92 Å². The number of carbonyl (C=O) groups is 3. The van der Waals surface area contributed by atoms with E-state index in [-0.39, 0.29) is 30.9 Å². The van der Waals surface area contributed by atoms with Crippen LogP contribution in [0.2, 0.25) is 0 Å². The SMILES string of the molecule is CCC(CCC(=O)N1CCC[C@]1(C)C(=O)O)NC(=O)OCC1c2ccccc2-c2ccccc21. The van der Waals surface area contributed by atoms with Crippen molar-refractivity contribution in [2.24, 2.45) is 0 Å². The molecule has 2 aromatic rings. The second-order valence-electron chi connectivity index (χ2n) is 9.34. The zero-order chi connectivity index (χ0) is 24.3. The molecule has 7 heteroatoms. The van der Waals surface area contributed by atoms with Gasteiger partial charge in [-0.2, -0.15) is 0 Å². The van der Waals surface area contributed by atoms with Gasteiger partial charge < -0.3 is 20.1 Å². The highest BCUT2D eigenvalue weighted by atomic mass is 16.5. The van der Waals surface area contributed by atoms with Crippen LogP contribution in [0.25, 0.3) is 11.1 Å². The first-order valence-corrected chi connectivity index (χ1v) is 12.0. The molecule has 0 spiro atoms. The van der Waals surface area contributed by atoms with Crippen molar-refractivity contribution >= 4 is 18.0 Å². The summed E-state index contributed by atoms with van der Waals surface area (Å²) in [5.41, 5.74) is 3.51. The van der Waals surface area contributed by atoms with Gasteiger partial charge in [0.15, 0.2) is 0 Å². The number of carbonyl (C=O) groups excluding carboxylic acids is 2. The zero-order valence-electron chi connectivity index (χ0n) is 19.8. The van der Waals surface area contributed by atoms with Crippen molar-refractivity contribution in [2.45, 2.75) is 63.5 Å². The molecule has 0 saturated carbocycles. The van der Waals surface area contributed by atoms with Crippen molar-refractivity contribution in [3.8, 4) is 11.1 Å². The Labute approximate surface area is 200 Å². The lowest BCUT2D eigenvalue weighted by Crippen LogP contribution is -2.51. The summed E-state index contributed by atoms with van der Waals surface area (Å²) in [6, 6.07) is 16.1. The number of carboxylic acids is 1. The summed E-state index contributed by atoms with van der Waals surface area (Å²) in [7, 11) is 0. The van der Waals surface area contributed by atoms with Gasteiger partial charge in [-0.25, -0.2) is 9.59 Å². The lowest BCUT2D eigenvalue weighted by molar-refractivity contribution is -0.155. The summed E-state index contributed by atoms with van der Waals surface area (Å²) in [6.07, 6.45) is 1.91. The van der Waals surface area contributed by atoms with Gasteiger partial charge in [-0.05, 0) is 54.9 Å². The molecule has 34 heavy (non-hydrogen) atoms. The fraction of sp³-hybridized carbons (Fsp3) is 0.444. The number of amides is 2. The number of nitrogens with zero attached hydrogens (tertiary/aromatic N) is 1. The number of fused-ring (bicyclic) bond motifs is 3. The van der Waals surface area contributed by atoms with Crippen LogP contribution in [-0.2, 0) is 14.3 Å². The smallest absolute Gasteiger partial charge is 0.407 e. The molecule has 2 amide bonds. The molecule has 0 radical (unpaired) electrons. The van der Waals surface area contributed by atoms with Gasteiger partial charge in [-0.15, -0.1) is 0 Å². The third-order valence-electron chi connectivity index (χ3n) is 7.27. The van der Waals surface area contributed by atoms with Crippen molar-refractivity contribution in [1.82, 2.24) is 10.2 Å². The fourth-order valence-corrected chi connectivity index (χ4v) is 5.20. The summed E-state index contributed by atoms with van der Waals surface area (Å²) in [5, 5.41) is 12.4. The Kier molecular flexibility index (Phi) is 6.91. The molecular formula is C27H32N2O5. The fourth-order valence-electron chi connectivity index (χ4n) is 5.20. The van der Waals surface area contributed by atoms with Crippen LogP contribution in [0.3, 0.4) is 0 Å². The summed E-state index contributed by atoms with van der Waals surface area (Å²) < 4.78 is 5.62. The predicted molar refractivity (Wildman–Crippen MR) is 129 cm³/mol. The summed E-state index contributed by atoms with van der Waals surface area (Å²) >= 11 is 0. The van der Waals surface area contributed by atoms with Gasteiger partial charge in [0.25, 0.3) is 0 Å². The molecule has 4 rings (SSSR count). The van der Waals surface area contributed by atoms with Crippen molar-refractivity contribution in [1.29, 1.82) is 0 Å². The van der Waals surface area contributed by atoms with Crippen molar-refractivity contribution < 1.29 is 24.2 Å². The monoisotopic (exact) mass is 464 g/mol. The number of aliphatic carboxylic acids is 1. The third-order valence-corrected chi connectivity index (χ3v) is 7.27. The van der Waals surface area contributed by atoms with Crippen LogP contribution in [0.15, 0.2) is 48.5 Å². The number of hydrogen-bond acceptors (Lipinski definition) is 4. The Bertz CT molecular complexity index is 1040. The van der Waals surface area contributed by atoms with E-state index in [4.69, 9.17) is 4.74 Å². The number of carboxylic acid groups (broad SMARTS) is 1. The molecule has 1 aliphatic carbocycles. The van der Waals surface area contributed by atoms with E-state index < -0.39 is 17.6 Å². The molecule has 180 valence electrons. The summed E-state index contributed by atoms with van der Waals surface area (Å²) in [4.78, 5) is 38.4. The molecule has 7 nitrogen and oxygen atoms in total. The van der Waals surface area contributed by atoms with Gasteiger partial charge in [-0.1, -0.05) is 55.5 Å². The molecule has 2 atom stereocenters. The number of hydrogen-bond donors (Lipinski definition) is 2. The largest absolute Gasteiger partial charge is 0.480 e. The van der Waals surface area contributed by atoms with E-state index in [2.05, 4.69) is 29.6 Å². The Hall–Kier alpha value is -3.35. The summed E-state index contributed by atoms with van der Waals surface area (Å²) in [5.74, 6) is -1.17. The van der Waals surface area contributed by atoms with E-state index >= 15 is 0 Å². The Balaban J connectivity index is 1.31. The Morgan fingerprint density at radius 3 is 2.32 bits per heavy atom. The minimum absolute atomic E-state index is 0.0105. The van der Waals surface area contributed by atoms with Gasteiger partial charge in [0.2, 0.25) is 5.91 Å². The number of rotatable bonds is 8. The Morgan fingerprint density at radius 1 is 1.12 bits per heavy atom. The van der Waals surface area contributed by atoms with Crippen LogP contribution < -0.4 is 5.32 Å². The quantitative estimate of drug-likeness (QED) is 0.598. The third kappa shape index (κ3) is 4.52. The molecule has 1 saturated heterocycles. The zero-order valence-corrected chi connectivity index (χ0v) is 19.8. The van der Waals surface area contributed by atoms with Gasteiger partial charge >= 0.3 is 12.1 Å². The maximum absolute atomic E-state index is 12.7. The van der Waals surface area contributed by atoms with Crippen molar-refractivity contribution in [3.63, 3.8) is 0 Å². The number of nitrogens with one attached hydrogen (secondary N) is 1. The second kappa shape index (κ2) is 9.87. The molecule has 2 aromatic carbocycles. The minimum Gasteiger partial charge on any atom is -0.480 e. The average Bonchev–Trinajstić information content (AvgIpc) is 3.39. The first-order valence-electron chi connectivity index (χ1n) is 12.0. The maximum atomic E-state index is 12.7. The molecule has 0 bridgehead atoms. The lowest BCUT2D eigenvalue weighted by Gasteiger charge is -2.31. The van der Waals surface area contributed by atoms with Gasteiger partial charge in [-0.3, -0.25) is 4.79 Å². The first kappa shape index (κ1) is 23.8. The Morgan fingerprint density at radius 2 is 1.74 bits per heavy atom. The molecule has 1 unspecified atom stereocenters. The van der Waals surface area contributed by atoms with E-state index in [1.807, 2.05) is 31.2 Å². The standard InChI is InChI=1S/C27H32N2O5/c1-3-18(13-14-24(30)29-16-8-15-27(29,2)25(31)32)28-26(33)34-17-23-21-11-6-4-9-19(21)20-10-5-7-12-22(20)23/h4-7,9-12,18,23H,3,8,13-17H2,1-2H3,(H,28,33)(H,31,32)/t18?,27-/m1/s1. The highest BCUT2D eigenvalue weighted by Crippen LogP contribution is 2.44. The topological polar surface area (TPSA) is 95.9 Å². The summed E-state index contributed by atoms with van der Waals surface area (Å²) in [6.45, 7) is 4.24. The molecule has 1 aliphatic heterocycles. The van der Waals surface area contributed by atoms with Crippen LogP contribution in [0.1, 0.15) is 63.0 Å². The number of alkyl carbamates (subject to hydrolysis) is 1. The molecular weight excluding hydrogens is 432 g/mol. The maximum Gasteiger partial charge on any atom is 0.407 e. The average molecular weight is 465 g/mol. The molecule has 2 aliphatic rings. The molecule has 1 fully saturated rings. The first-order chi connectivity index (χ1) is 16.3. The van der Waals surface area contributed by atoms with Crippen molar-refractivity contribution in [3.05, 3.63) is 59.7 Å². The molecule has 2 N–H and O–H groups in total. The number of likely N-dealkylation sites (tertiary alicyclic amines) is 1. The van der Waals surface area contributed by atoms with Gasteiger partial charge in [0.05, 0.1) is 0 Å². The van der Waals surface area contributed by atoms with Gasteiger partial charge in [0.1, 0.15) is 12.1 Å². The normalized spacial score (nSPS) is 19.9. The predicted octanol–water partition coefficient (Wildman–Crippen LogP) is 4.55. The van der Waals surface area contributed by atoms with Crippen LogP contribution in [-0.4, -0.2) is 52.7 Å². The minimum atomic E-state index is -1.14. The van der Waals surface area contributed by atoms with E-state index in [1.165, 1.54) is 16.0 Å². The highest BCUT2D eigenvalue weighted by molar-refractivity contribution is 5.87. The van der Waals surface area contributed by atoms with Crippen LogP contribution in [0.5, 0.6) is 0 Å². The number of benzene rings is 2. The van der Waals surface area contributed by atoms with Crippen molar-refractivity contribution in [2.75, 3.05) is 13.2 Å². The van der Waals surface area contributed by atoms with Crippen LogP contribution >= 0.6 is 0 Å². The van der Waals surface area contributed by atoms with Crippen LogP contribution in [0.4, 0.5) is 4.79 Å². The van der Waals surface area contributed by atoms with Crippen LogP contribution in [0, 0.1) is 0 Å². The van der Waals surface area contributed by atoms with Gasteiger partial charge in [0, 0.05) is 24.9 Å².